The molecule has 0 atom stereocenters. The van der Waals surface area contributed by atoms with E-state index in [1.54, 1.807) is 24.3 Å². The molecule has 2 rings (SSSR count). The summed E-state index contributed by atoms with van der Waals surface area (Å²) in [6, 6.07) is 6.98. The van der Waals surface area contributed by atoms with Gasteiger partial charge in [0.2, 0.25) is 0 Å². The van der Waals surface area contributed by atoms with Gasteiger partial charge in [-0.05, 0) is 18.6 Å². The van der Waals surface area contributed by atoms with Gasteiger partial charge in [0, 0.05) is 0 Å². The second-order valence-electron chi connectivity index (χ2n) is 3.07. The zero-order chi connectivity index (χ0) is 9.97. The van der Waals surface area contributed by atoms with Crippen LogP contribution in [0.25, 0.3) is 0 Å². The van der Waals surface area contributed by atoms with Crippen molar-refractivity contribution in [3.63, 3.8) is 0 Å². The zero-order valence-corrected chi connectivity index (χ0v) is 8.33. The molecule has 1 aliphatic heterocycles. The Kier molecular flexibility index (Phi) is 2.70. The van der Waals surface area contributed by atoms with Crippen molar-refractivity contribution in [3.05, 3.63) is 34.9 Å². The van der Waals surface area contributed by atoms with E-state index in [1.807, 2.05) is 0 Å². The summed E-state index contributed by atoms with van der Waals surface area (Å²) in [7, 11) is 0. The maximum Gasteiger partial charge on any atom is 0.278 e. The third-order valence-electron chi connectivity index (χ3n) is 2.08. The number of amides is 1. The van der Waals surface area contributed by atoms with E-state index >= 15 is 0 Å². The van der Waals surface area contributed by atoms with Crippen molar-refractivity contribution in [3.8, 4) is 0 Å². The van der Waals surface area contributed by atoms with Crippen LogP contribution in [-0.4, -0.2) is 24.1 Å². The first-order valence-electron chi connectivity index (χ1n) is 4.48. The molecule has 1 saturated heterocycles. The molecule has 1 aliphatic rings. The highest BCUT2D eigenvalue weighted by Gasteiger charge is 2.22. The first-order valence-corrected chi connectivity index (χ1v) is 4.86. The van der Waals surface area contributed by atoms with Crippen molar-refractivity contribution in [2.24, 2.45) is 0 Å². The predicted molar refractivity (Wildman–Crippen MR) is 53.1 cm³/mol. The van der Waals surface area contributed by atoms with Gasteiger partial charge in [-0.3, -0.25) is 9.63 Å². The minimum atomic E-state index is -0.159. The van der Waals surface area contributed by atoms with Gasteiger partial charge in [0.15, 0.2) is 0 Å². The van der Waals surface area contributed by atoms with E-state index in [1.165, 1.54) is 5.06 Å². The van der Waals surface area contributed by atoms with Crippen LogP contribution in [0.2, 0.25) is 5.02 Å². The van der Waals surface area contributed by atoms with Gasteiger partial charge < -0.3 is 0 Å². The zero-order valence-electron chi connectivity index (χ0n) is 7.57. The summed E-state index contributed by atoms with van der Waals surface area (Å²) >= 11 is 5.89. The summed E-state index contributed by atoms with van der Waals surface area (Å²) in [4.78, 5) is 16.9. The molecule has 1 heterocycles. The number of hydrogen-bond acceptors (Lipinski definition) is 2. The monoisotopic (exact) mass is 211 g/mol. The first-order chi connectivity index (χ1) is 6.79. The Morgan fingerprint density at radius 1 is 1.43 bits per heavy atom. The van der Waals surface area contributed by atoms with E-state index < -0.39 is 0 Å². The van der Waals surface area contributed by atoms with Gasteiger partial charge in [-0.15, -0.1) is 0 Å². The summed E-state index contributed by atoms with van der Waals surface area (Å²) in [5.74, 6) is -0.159. The van der Waals surface area contributed by atoms with Crippen molar-refractivity contribution in [1.82, 2.24) is 5.06 Å². The number of halogens is 1. The summed E-state index contributed by atoms with van der Waals surface area (Å²) < 4.78 is 0. The van der Waals surface area contributed by atoms with E-state index in [2.05, 4.69) is 0 Å². The largest absolute Gasteiger partial charge is 0.278 e. The Balaban J connectivity index is 2.22. The van der Waals surface area contributed by atoms with Gasteiger partial charge in [0.25, 0.3) is 5.91 Å². The van der Waals surface area contributed by atoms with Crippen molar-refractivity contribution >= 4 is 17.5 Å². The van der Waals surface area contributed by atoms with E-state index in [0.717, 1.165) is 6.42 Å². The van der Waals surface area contributed by atoms with Gasteiger partial charge >= 0.3 is 0 Å². The smallest absolute Gasteiger partial charge is 0.271 e. The molecule has 1 fully saturated rings. The molecule has 3 nitrogen and oxygen atoms in total. The van der Waals surface area contributed by atoms with Crippen molar-refractivity contribution in [2.45, 2.75) is 6.42 Å². The topological polar surface area (TPSA) is 29.5 Å². The van der Waals surface area contributed by atoms with Crippen LogP contribution in [0.3, 0.4) is 0 Å². The number of carbonyl (C=O) groups excluding carboxylic acids is 1. The second kappa shape index (κ2) is 3.98. The maximum atomic E-state index is 11.8. The Bertz CT molecular complexity index is 348. The Labute approximate surface area is 87.2 Å². The normalized spacial score (nSPS) is 15.9. The molecule has 0 radical (unpaired) electrons. The molecule has 4 heteroatoms. The molecule has 14 heavy (non-hydrogen) atoms. The molecule has 0 bridgehead atoms. The second-order valence-corrected chi connectivity index (χ2v) is 3.48. The molecule has 0 aromatic heterocycles. The van der Waals surface area contributed by atoms with Crippen LogP contribution >= 0.6 is 11.6 Å². The number of carbonyl (C=O) groups is 1. The minimum absolute atomic E-state index is 0.159. The predicted octanol–water partition coefficient (Wildman–Crippen LogP) is 2.12. The Morgan fingerprint density at radius 2 is 2.21 bits per heavy atom. The van der Waals surface area contributed by atoms with Crippen LogP contribution in [0, 0.1) is 0 Å². The molecule has 0 saturated carbocycles. The number of rotatable bonds is 1. The minimum Gasteiger partial charge on any atom is -0.271 e. The highest BCUT2D eigenvalue weighted by atomic mass is 35.5. The van der Waals surface area contributed by atoms with Crippen LogP contribution in [0.5, 0.6) is 0 Å². The summed E-state index contributed by atoms with van der Waals surface area (Å²) in [5.41, 5.74) is 0.496. The lowest BCUT2D eigenvalue weighted by molar-refractivity contribution is -0.0768. The molecule has 0 unspecified atom stereocenters. The fourth-order valence-electron chi connectivity index (χ4n) is 1.38. The van der Waals surface area contributed by atoms with Crippen LogP contribution in [-0.2, 0) is 4.84 Å². The molecule has 1 aromatic rings. The molecule has 0 aliphatic carbocycles. The maximum absolute atomic E-state index is 11.8. The van der Waals surface area contributed by atoms with Crippen LogP contribution in [0.15, 0.2) is 24.3 Å². The van der Waals surface area contributed by atoms with E-state index in [0.29, 0.717) is 23.7 Å². The lowest BCUT2D eigenvalue weighted by Gasteiger charge is -2.14. The standard InChI is InChI=1S/C10H10ClNO2/c11-9-5-2-1-4-8(9)10(13)12-6-3-7-14-12/h1-2,4-5H,3,6-7H2. The first kappa shape index (κ1) is 9.49. The highest BCUT2D eigenvalue weighted by Crippen LogP contribution is 2.18. The molecule has 74 valence electrons. The van der Waals surface area contributed by atoms with Gasteiger partial charge in [0.1, 0.15) is 0 Å². The lowest BCUT2D eigenvalue weighted by Crippen LogP contribution is -2.26. The fraction of sp³-hybridized carbons (Fsp3) is 0.300. The highest BCUT2D eigenvalue weighted by molar-refractivity contribution is 6.33. The molecule has 1 aromatic carbocycles. The van der Waals surface area contributed by atoms with Gasteiger partial charge in [-0.1, -0.05) is 23.7 Å². The molecular formula is C10H10ClNO2. The van der Waals surface area contributed by atoms with Crippen molar-refractivity contribution in [2.75, 3.05) is 13.2 Å². The summed E-state index contributed by atoms with van der Waals surface area (Å²) in [6.45, 7) is 1.25. The number of hydrogen-bond donors (Lipinski definition) is 0. The van der Waals surface area contributed by atoms with Crippen LogP contribution < -0.4 is 0 Å². The van der Waals surface area contributed by atoms with E-state index in [4.69, 9.17) is 16.4 Å². The Hall–Kier alpha value is -1.06. The lowest BCUT2D eigenvalue weighted by atomic mass is 10.2. The molecular weight excluding hydrogens is 202 g/mol. The van der Waals surface area contributed by atoms with Crippen molar-refractivity contribution in [1.29, 1.82) is 0 Å². The third kappa shape index (κ3) is 1.74. The summed E-state index contributed by atoms with van der Waals surface area (Å²) in [6.07, 6.45) is 0.885. The quantitative estimate of drug-likeness (QED) is 0.712. The SMILES string of the molecule is O=C(c1ccccc1Cl)N1CCCO1. The van der Waals surface area contributed by atoms with Crippen LogP contribution in [0.1, 0.15) is 16.8 Å². The number of nitrogens with zero attached hydrogens (tertiary/aromatic N) is 1. The molecule has 0 N–H and O–H groups in total. The van der Waals surface area contributed by atoms with E-state index in [-0.39, 0.29) is 5.91 Å². The van der Waals surface area contributed by atoms with E-state index in [9.17, 15) is 4.79 Å². The third-order valence-corrected chi connectivity index (χ3v) is 2.41. The van der Waals surface area contributed by atoms with Gasteiger partial charge in [0.05, 0.1) is 23.7 Å². The number of benzene rings is 1. The number of hydroxylamine groups is 2. The van der Waals surface area contributed by atoms with Crippen molar-refractivity contribution < 1.29 is 9.63 Å². The van der Waals surface area contributed by atoms with Gasteiger partial charge in [-0.25, -0.2) is 5.06 Å². The van der Waals surface area contributed by atoms with Crippen LogP contribution in [0.4, 0.5) is 0 Å². The Morgan fingerprint density at radius 3 is 2.86 bits per heavy atom. The average Bonchev–Trinajstić information content (AvgIpc) is 2.70. The fourth-order valence-corrected chi connectivity index (χ4v) is 1.59. The van der Waals surface area contributed by atoms with Gasteiger partial charge in [-0.2, -0.15) is 0 Å². The average molecular weight is 212 g/mol. The molecule has 1 amide bonds. The summed E-state index contributed by atoms with van der Waals surface area (Å²) in [5, 5.41) is 1.83. The molecule has 0 spiro atoms.